The summed E-state index contributed by atoms with van der Waals surface area (Å²) in [7, 11) is 0. The monoisotopic (exact) mass is 280 g/mol. The Morgan fingerprint density at radius 1 is 1.10 bits per heavy atom. The predicted molar refractivity (Wildman–Crippen MR) is 85.1 cm³/mol. The fourth-order valence-corrected chi connectivity index (χ4v) is 2.55. The number of ether oxygens (including phenoxy) is 1. The molecular formula is C18H20N2O. The van der Waals surface area contributed by atoms with E-state index >= 15 is 0 Å². The van der Waals surface area contributed by atoms with Crippen LogP contribution in [0, 0.1) is 0 Å². The Kier molecular flexibility index (Phi) is 4.02. The second-order valence-electron chi connectivity index (χ2n) is 5.54. The average molecular weight is 280 g/mol. The standard InChI is InChI=1S/C18H20N2O/c1-14(2)21-18(12-20-10-9-19-13-20)17-8-7-15-5-3-4-6-16(15)11-17/h3-11,13-14,18H,12H2,1-2H3. The molecule has 1 aromatic heterocycles. The largest absolute Gasteiger partial charge is 0.369 e. The van der Waals surface area contributed by atoms with Gasteiger partial charge in [0.25, 0.3) is 0 Å². The lowest BCUT2D eigenvalue weighted by Gasteiger charge is -2.21. The second kappa shape index (κ2) is 6.10. The third-order valence-electron chi connectivity index (χ3n) is 3.52. The van der Waals surface area contributed by atoms with E-state index < -0.39 is 0 Å². The predicted octanol–water partition coefficient (Wildman–Crippen LogP) is 4.20. The van der Waals surface area contributed by atoms with Crippen LogP contribution in [-0.4, -0.2) is 15.7 Å². The third-order valence-corrected chi connectivity index (χ3v) is 3.52. The van der Waals surface area contributed by atoms with Gasteiger partial charge in [0.05, 0.1) is 19.0 Å². The first-order chi connectivity index (χ1) is 10.2. The molecule has 3 heteroatoms. The van der Waals surface area contributed by atoms with Crippen molar-refractivity contribution in [2.24, 2.45) is 0 Å². The van der Waals surface area contributed by atoms with Crippen molar-refractivity contribution >= 4 is 10.8 Å². The number of rotatable bonds is 5. The molecule has 1 unspecified atom stereocenters. The van der Waals surface area contributed by atoms with Gasteiger partial charge in [0.15, 0.2) is 0 Å². The van der Waals surface area contributed by atoms with Gasteiger partial charge in [0, 0.05) is 12.4 Å². The molecule has 0 aliphatic heterocycles. The van der Waals surface area contributed by atoms with E-state index in [0.717, 1.165) is 6.54 Å². The zero-order chi connectivity index (χ0) is 14.7. The Balaban J connectivity index is 1.92. The molecule has 0 amide bonds. The summed E-state index contributed by atoms with van der Waals surface area (Å²) in [6.45, 7) is 4.92. The molecule has 108 valence electrons. The summed E-state index contributed by atoms with van der Waals surface area (Å²) in [5.74, 6) is 0. The maximum absolute atomic E-state index is 6.11. The number of imidazole rings is 1. The number of fused-ring (bicyclic) bond motifs is 1. The minimum absolute atomic E-state index is 0.0313. The fraction of sp³-hybridized carbons (Fsp3) is 0.278. The summed E-state index contributed by atoms with van der Waals surface area (Å²) in [5, 5.41) is 2.50. The molecule has 0 spiro atoms. The van der Waals surface area contributed by atoms with Gasteiger partial charge < -0.3 is 9.30 Å². The minimum Gasteiger partial charge on any atom is -0.369 e. The Morgan fingerprint density at radius 2 is 1.90 bits per heavy atom. The molecule has 2 aromatic carbocycles. The number of benzene rings is 2. The summed E-state index contributed by atoms with van der Waals surface area (Å²) in [6, 6.07) is 15.0. The molecule has 0 saturated carbocycles. The van der Waals surface area contributed by atoms with Crippen LogP contribution in [0.25, 0.3) is 10.8 Å². The first-order valence-electron chi connectivity index (χ1n) is 7.32. The van der Waals surface area contributed by atoms with Crippen LogP contribution in [0.15, 0.2) is 61.2 Å². The van der Waals surface area contributed by atoms with E-state index in [4.69, 9.17) is 4.74 Å². The van der Waals surface area contributed by atoms with Crippen LogP contribution in [0.5, 0.6) is 0 Å². The highest BCUT2D eigenvalue weighted by atomic mass is 16.5. The highest BCUT2D eigenvalue weighted by Crippen LogP contribution is 2.25. The van der Waals surface area contributed by atoms with Crippen LogP contribution < -0.4 is 0 Å². The van der Waals surface area contributed by atoms with Crippen LogP contribution >= 0.6 is 0 Å². The summed E-state index contributed by atoms with van der Waals surface area (Å²) >= 11 is 0. The number of hydrogen-bond acceptors (Lipinski definition) is 2. The molecule has 0 aliphatic carbocycles. The third kappa shape index (κ3) is 3.31. The molecule has 0 fully saturated rings. The minimum atomic E-state index is 0.0313. The van der Waals surface area contributed by atoms with Crippen LogP contribution in [0.1, 0.15) is 25.5 Å². The van der Waals surface area contributed by atoms with E-state index in [9.17, 15) is 0 Å². The quantitative estimate of drug-likeness (QED) is 0.700. The topological polar surface area (TPSA) is 27.1 Å². The smallest absolute Gasteiger partial charge is 0.101 e. The Hall–Kier alpha value is -2.13. The molecule has 1 heterocycles. The second-order valence-corrected chi connectivity index (χ2v) is 5.54. The van der Waals surface area contributed by atoms with Gasteiger partial charge in [-0.3, -0.25) is 0 Å². The number of hydrogen-bond donors (Lipinski definition) is 0. The van der Waals surface area contributed by atoms with Crippen molar-refractivity contribution in [3.8, 4) is 0 Å². The van der Waals surface area contributed by atoms with Crippen molar-refractivity contribution in [3.05, 3.63) is 66.7 Å². The molecule has 0 bridgehead atoms. The molecule has 3 aromatic rings. The lowest BCUT2D eigenvalue weighted by molar-refractivity contribution is -0.00318. The van der Waals surface area contributed by atoms with Gasteiger partial charge >= 0.3 is 0 Å². The van der Waals surface area contributed by atoms with Crippen LogP contribution in [-0.2, 0) is 11.3 Å². The number of aromatic nitrogens is 2. The fourth-order valence-electron chi connectivity index (χ4n) is 2.55. The van der Waals surface area contributed by atoms with Crippen molar-refractivity contribution in [1.82, 2.24) is 9.55 Å². The van der Waals surface area contributed by atoms with Crippen LogP contribution in [0.3, 0.4) is 0 Å². The molecule has 21 heavy (non-hydrogen) atoms. The van der Waals surface area contributed by atoms with Gasteiger partial charge in [-0.15, -0.1) is 0 Å². The summed E-state index contributed by atoms with van der Waals surface area (Å²) in [5.41, 5.74) is 1.20. The molecule has 0 radical (unpaired) electrons. The van der Waals surface area contributed by atoms with E-state index in [0.29, 0.717) is 0 Å². The first-order valence-corrected chi connectivity index (χ1v) is 7.32. The van der Waals surface area contributed by atoms with Gasteiger partial charge in [-0.25, -0.2) is 4.98 Å². The van der Waals surface area contributed by atoms with E-state index in [-0.39, 0.29) is 12.2 Å². The summed E-state index contributed by atoms with van der Waals surface area (Å²) in [6.07, 6.45) is 5.82. The lowest BCUT2D eigenvalue weighted by atomic mass is 10.0. The van der Waals surface area contributed by atoms with Crippen molar-refractivity contribution in [1.29, 1.82) is 0 Å². The Labute approximate surface area is 125 Å². The van der Waals surface area contributed by atoms with E-state index in [1.165, 1.54) is 16.3 Å². The maximum atomic E-state index is 6.11. The SMILES string of the molecule is CC(C)OC(Cn1ccnc1)c1ccc2ccccc2c1. The van der Waals surface area contributed by atoms with Gasteiger partial charge in [-0.2, -0.15) is 0 Å². The van der Waals surface area contributed by atoms with E-state index in [1.54, 1.807) is 6.20 Å². The van der Waals surface area contributed by atoms with E-state index in [1.807, 2.05) is 12.5 Å². The molecule has 0 aliphatic rings. The van der Waals surface area contributed by atoms with E-state index in [2.05, 4.69) is 65.9 Å². The average Bonchev–Trinajstić information content (AvgIpc) is 2.98. The molecule has 3 nitrogen and oxygen atoms in total. The highest BCUT2D eigenvalue weighted by molar-refractivity contribution is 5.83. The van der Waals surface area contributed by atoms with Crippen molar-refractivity contribution < 1.29 is 4.74 Å². The molecule has 0 N–H and O–H groups in total. The number of nitrogens with zero attached hydrogens (tertiary/aromatic N) is 2. The molecular weight excluding hydrogens is 260 g/mol. The zero-order valence-electron chi connectivity index (χ0n) is 12.4. The van der Waals surface area contributed by atoms with Crippen molar-refractivity contribution in [2.75, 3.05) is 0 Å². The van der Waals surface area contributed by atoms with Crippen molar-refractivity contribution in [2.45, 2.75) is 32.6 Å². The molecule has 1 atom stereocenters. The van der Waals surface area contributed by atoms with Gasteiger partial charge in [0.2, 0.25) is 0 Å². The summed E-state index contributed by atoms with van der Waals surface area (Å²) in [4.78, 5) is 4.11. The maximum Gasteiger partial charge on any atom is 0.101 e. The Bertz CT molecular complexity index is 704. The molecule has 3 rings (SSSR count). The van der Waals surface area contributed by atoms with Gasteiger partial charge in [-0.05, 0) is 36.2 Å². The Morgan fingerprint density at radius 3 is 2.62 bits per heavy atom. The highest BCUT2D eigenvalue weighted by Gasteiger charge is 2.15. The van der Waals surface area contributed by atoms with Gasteiger partial charge in [0.1, 0.15) is 6.10 Å². The normalized spacial score (nSPS) is 12.9. The lowest BCUT2D eigenvalue weighted by Crippen LogP contribution is -2.16. The molecule has 0 saturated heterocycles. The first kappa shape index (κ1) is 13.8. The van der Waals surface area contributed by atoms with Crippen LogP contribution in [0.2, 0.25) is 0 Å². The zero-order valence-corrected chi connectivity index (χ0v) is 12.4. The van der Waals surface area contributed by atoms with Gasteiger partial charge in [-0.1, -0.05) is 36.4 Å². The summed E-state index contributed by atoms with van der Waals surface area (Å²) < 4.78 is 8.17. The van der Waals surface area contributed by atoms with Crippen molar-refractivity contribution in [3.63, 3.8) is 0 Å². The van der Waals surface area contributed by atoms with Crippen LogP contribution in [0.4, 0.5) is 0 Å².